The molecule has 0 aliphatic carbocycles. The van der Waals surface area contributed by atoms with Crippen LogP contribution in [0.25, 0.3) is 32.1 Å². The molecule has 2 N–H and O–H groups in total. The van der Waals surface area contributed by atoms with Gasteiger partial charge in [-0.15, -0.1) is 11.3 Å². The second-order valence-electron chi connectivity index (χ2n) is 12.7. The number of anilines is 2. The van der Waals surface area contributed by atoms with Crippen molar-refractivity contribution in [2.24, 2.45) is 0 Å². The van der Waals surface area contributed by atoms with Gasteiger partial charge in [-0.2, -0.15) is 28.4 Å². The molecule has 0 saturated carbocycles. The number of nitrogens with two attached hydrogens (primary N) is 1. The number of nitriles is 1. The summed E-state index contributed by atoms with van der Waals surface area (Å²) in [5, 5.41) is 9.13. The Balaban J connectivity index is 1.62. The summed E-state index contributed by atoms with van der Waals surface area (Å²) in [4.78, 5) is 26.6. The number of likely N-dealkylation sites (N-methyl/N-ethyl adjacent to an activating group) is 2. The minimum atomic E-state index is -5.15. The van der Waals surface area contributed by atoms with Gasteiger partial charge in [0.15, 0.2) is 5.82 Å². The van der Waals surface area contributed by atoms with Crippen molar-refractivity contribution in [1.29, 1.82) is 5.26 Å². The van der Waals surface area contributed by atoms with Crippen molar-refractivity contribution in [3.63, 3.8) is 0 Å². The zero-order chi connectivity index (χ0) is 37.6. The number of benzene rings is 2. The Kier molecular flexibility index (Phi) is 10.3. The molecule has 2 fully saturated rings. The lowest BCUT2D eigenvalue weighted by Gasteiger charge is -2.35. The van der Waals surface area contributed by atoms with Gasteiger partial charge in [0.1, 0.15) is 41.0 Å². The Morgan fingerprint density at radius 3 is 2.63 bits per heavy atom. The first-order valence-corrected chi connectivity index (χ1v) is 17.2. The number of nitrogens with zero attached hydrogens (tertiary/aromatic N) is 6. The highest BCUT2D eigenvalue weighted by Crippen LogP contribution is 2.48. The molecule has 17 heteroatoms. The van der Waals surface area contributed by atoms with Crippen molar-refractivity contribution in [2.45, 2.75) is 50.2 Å². The van der Waals surface area contributed by atoms with E-state index in [1.807, 2.05) is 6.07 Å². The van der Waals surface area contributed by atoms with Crippen molar-refractivity contribution in [1.82, 2.24) is 19.8 Å². The fourth-order valence-corrected chi connectivity index (χ4v) is 8.30. The van der Waals surface area contributed by atoms with Crippen LogP contribution in [0.5, 0.6) is 6.01 Å². The fourth-order valence-electron chi connectivity index (χ4n) is 7.35. The number of thiophene rings is 1. The van der Waals surface area contributed by atoms with Crippen LogP contribution in [0.1, 0.15) is 30.9 Å². The highest BCUT2D eigenvalue weighted by atomic mass is 32.1. The number of amides is 1. The summed E-state index contributed by atoms with van der Waals surface area (Å²) in [7, 11) is 3.17. The van der Waals surface area contributed by atoms with Crippen molar-refractivity contribution >= 4 is 49.1 Å². The van der Waals surface area contributed by atoms with E-state index in [0.29, 0.717) is 17.8 Å². The molecule has 0 bridgehead atoms. The third kappa shape index (κ3) is 6.47. The van der Waals surface area contributed by atoms with Crippen molar-refractivity contribution < 1.29 is 40.6 Å². The van der Waals surface area contributed by atoms with Crippen LogP contribution in [0.4, 0.5) is 37.2 Å². The van der Waals surface area contributed by atoms with Crippen LogP contribution < -0.4 is 15.4 Å². The van der Waals surface area contributed by atoms with Crippen LogP contribution in [0.2, 0.25) is 0 Å². The molecule has 2 aliphatic heterocycles. The minimum Gasteiger partial charge on any atom is -0.462 e. The molecule has 2 saturated heterocycles. The van der Waals surface area contributed by atoms with Gasteiger partial charge >= 0.3 is 12.2 Å². The second kappa shape index (κ2) is 14.4. The molecule has 4 atom stereocenters. The summed E-state index contributed by atoms with van der Waals surface area (Å²) in [6, 6.07) is 2.53. The highest BCUT2D eigenvalue weighted by molar-refractivity contribution is 7.23. The fraction of sp³-hybridized carbons (Fsp3) is 0.429. The van der Waals surface area contributed by atoms with Gasteiger partial charge in [-0.1, -0.05) is 12.6 Å². The van der Waals surface area contributed by atoms with Crippen LogP contribution in [0.3, 0.4) is 0 Å². The quantitative estimate of drug-likeness (QED) is 0.147. The summed E-state index contributed by atoms with van der Waals surface area (Å²) >= 11 is 0.664. The van der Waals surface area contributed by atoms with Gasteiger partial charge in [-0.05, 0) is 50.6 Å². The molecule has 4 aromatic rings. The van der Waals surface area contributed by atoms with E-state index in [1.165, 1.54) is 7.11 Å². The summed E-state index contributed by atoms with van der Waals surface area (Å²) < 4.78 is 103. The zero-order valence-electron chi connectivity index (χ0n) is 28.4. The number of carbonyl (C=O) groups is 1. The van der Waals surface area contributed by atoms with Gasteiger partial charge in [-0.3, -0.25) is 9.69 Å². The number of rotatable bonds is 10. The largest absolute Gasteiger partial charge is 0.462 e. The third-order valence-corrected chi connectivity index (χ3v) is 10.8. The molecule has 6 rings (SSSR count). The Morgan fingerprint density at radius 2 is 2.02 bits per heavy atom. The molecule has 0 radical (unpaired) electrons. The van der Waals surface area contributed by atoms with Gasteiger partial charge < -0.3 is 25.0 Å². The number of ether oxygens (including phenoxy) is 2. The first-order chi connectivity index (χ1) is 24.7. The number of halogens is 6. The summed E-state index contributed by atoms with van der Waals surface area (Å²) in [5.74, 6) is -2.72. The average Bonchev–Trinajstić information content (AvgIpc) is 3.77. The third-order valence-electron chi connectivity index (χ3n) is 9.76. The number of fused-ring (bicyclic) bond motifs is 2. The summed E-state index contributed by atoms with van der Waals surface area (Å²) in [6.07, 6.45) is -4.57. The monoisotopic (exact) mass is 747 g/mol. The van der Waals surface area contributed by atoms with E-state index in [-0.39, 0.29) is 89.1 Å². The molecule has 0 spiro atoms. The Labute approximate surface area is 299 Å². The van der Waals surface area contributed by atoms with Crippen molar-refractivity contribution in [2.75, 3.05) is 57.6 Å². The number of nitrogen functional groups attached to an aromatic ring is 1. The molecule has 2 aromatic heterocycles. The van der Waals surface area contributed by atoms with Crippen LogP contribution in [-0.2, 0) is 15.7 Å². The highest BCUT2D eigenvalue weighted by Gasteiger charge is 2.42. The van der Waals surface area contributed by atoms with Crippen LogP contribution in [0.15, 0.2) is 30.9 Å². The molecule has 2 aliphatic rings. The second-order valence-corrected chi connectivity index (χ2v) is 13.8. The topological polar surface area (TPSA) is 121 Å². The van der Waals surface area contributed by atoms with Gasteiger partial charge in [0.25, 0.3) is 0 Å². The van der Waals surface area contributed by atoms with Gasteiger partial charge in [0, 0.05) is 49.1 Å². The maximum absolute atomic E-state index is 17.2. The number of likely N-dealkylation sites (tertiary alicyclic amines) is 2. The molecular formula is C35H35F6N7O3S. The van der Waals surface area contributed by atoms with Crippen molar-refractivity contribution in [3.8, 4) is 23.2 Å². The Hall–Kier alpha value is -4.66. The van der Waals surface area contributed by atoms with Gasteiger partial charge in [0.05, 0.1) is 34.5 Å². The molecule has 276 valence electrons. The molecule has 4 heterocycles. The van der Waals surface area contributed by atoms with E-state index < -0.39 is 58.3 Å². The number of methoxy groups -OCH3 is 1. The number of hydrogen-bond acceptors (Lipinski definition) is 10. The van der Waals surface area contributed by atoms with E-state index in [1.54, 1.807) is 28.7 Å². The van der Waals surface area contributed by atoms with E-state index >= 15 is 17.6 Å². The van der Waals surface area contributed by atoms with Crippen molar-refractivity contribution in [3.05, 3.63) is 53.6 Å². The van der Waals surface area contributed by atoms with E-state index in [9.17, 15) is 18.8 Å². The Bertz CT molecular complexity index is 2090. The lowest BCUT2D eigenvalue weighted by molar-refractivity contribution is -0.137. The normalized spacial score (nSPS) is 20.9. The van der Waals surface area contributed by atoms with E-state index in [0.717, 1.165) is 24.3 Å². The van der Waals surface area contributed by atoms with Crippen LogP contribution in [-0.4, -0.2) is 97.0 Å². The lowest BCUT2D eigenvalue weighted by Crippen LogP contribution is -2.49. The average molecular weight is 748 g/mol. The minimum absolute atomic E-state index is 0.0728. The zero-order valence-corrected chi connectivity index (χ0v) is 29.3. The summed E-state index contributed by atoms with van der Waals surface area (Å²) in [5.41, 5.74) is 2.35. The molecular weight excluding hydrogens is 712 g/mol. The number of hydrogen-bond donors (Lipinski definition) is 1. The first kappa shape index (κ1) is 37.1. The maximum atomic E-state index is 17.2. The summed E-state index contributed by atoms with van der Waals surface area (Å²) in [6.45, 7) is 5.89. The van der Waals surface area contributed by atoms with Gasteiger partial charge in [0.2, 0.25) is 5.91 Å². The first-order valence-electron chi connectivity index (χ1n) is 16.4. The van der Waals surface area contributed by atoms with Crippen LogP contribution in [0, 0.1) is 23.0 Å². The molecule has 2 aromatic carbocycles. The van der Waals surface area contributed by atoms with E-state index in [4.69, 9.17) is 15.2 Å². The predicted molar refractivity (Wildman–Crippen MR) is 185 cm³/mol. The Morgan fingerprint density at radius 1 is 1.27 bits per heavy atom. The van der Waals surface area contributed by atoms with E-state index in [2.05, 4.69) is 16.5 Å². The number of alkyl halides is 4. The molecule has 10 nitrogen and oxygen atoms in total. The van der Waals surface area contributed by atoms with Gasteiger partial charge in [-0.25, -0.2) is 13.2 Å². The SMILES string of the molecule is C=CC(=O)N1CCC(N(CC)c2nc(OCC3CC(F)CN3C)nc3c(F)c(-c4ccc(F)c5sc(N)c(C#N)c45)c(C(F)(F)F)cc23)C1COC. The molecule has 52 heavy (non-hydrogen) atoms. The van der Waals surface area contributed by atoms with Crippen LogP contribution >= 0.6 is 11.3 Å². The number of carbonyl (C=O) groups excluding carboxylic acids is 1. The molecule has 4 unspecified atom stereocenters. The smallest absolute Gasteiger partial charge is 0.417 e. The predicted octanol–water partition coefficient (Wildman–Crippen LogP) is 6.31. The standard InChI is InChI=1S/C35H35F6N7O3S/c1-5-26(49)48-10-9-24(25(48)16-50-4)47(6-2)33-20-12-22(35(39,40)41)28(19-7-8-23(37)31-27(19)21(13-42)32(43)52-31)29(38)30(20)44-34(45-33)51-15-18-11-17(36)14-46(18)3/h5,7-8,12,17-18,24-25H,1,6,9-11,14-16,43H2,2-4H3. The molecule has 1 amide bonds. The lowest BCUT2D eigenvalue weighted by atomic mass is 9.92. The number of aromatic nitrogens is 2. The maximum Gasteiger partial charge on any atom is 0.417 e.